The lowest BCUT2D eigenvalue weighted by Gasteiger charge is -2.24. The van der Waals surface area contributed by atoms with Crippen molar-refractivity contribution in [2.24, 2.45) is 0 Å². The maximum Gasteiger partial charge on any atom is 0.338 e. The largest absolute Gasteiger partial charge is 0.458 e. The molecule has 0 fully saturated rings. The number of carbonyl (C=O) groups excluding carboxylic acids is 1. The molecule has 0 aliphatic carbocycles. The van der Waals surface area contributed by atoms with Crippen molar-refractivity contribution in [3.8, 4) is 11.5 Å². The van der Waals surface area contributed by atoms with E-state index in [-0.39, 0.29) is 12.1 Å². The molecule has 0 aromatic heterocycles. The monoisotopic (exact) mass is 296 g/mol. The first-order chi connectivity index (χ1) is 10.7. The van der Waals surface area contributed by atoms with Crippen molar-refractivity contribution in [2.75, 3.05) is 0 Å². The Morgan fingerprint density at radius 1 is 1.14 bits per heavy atom. The first-order valence-electron chi connectivity index (χ1n) is 7.74. The summed E-state index contributed by atoms with van der Waals surface area (Å²) in [5, 5.41) is 0. The highest BCUT2D eigenvalue weighted by atomic mass is 16.5. The zero-order chi connectivity index (χ0) is 15.5. The van der Waals surface area contributed by atoms with Gasteiger partial charge in [0, 0.05) is 6.42 Å². The third-order valence-electron chi connectivity index (χ3n) is 3.89. The minimum Gasteiger partial charge on any atom is -0.458 e. The number of hydrogen-bond acceptors (Lipinski definition) is 3. The molecule has 0 saturated carbocycles. The zero-order valence-corrected chi connectivity index (χ0v) is 13.0. The lowest BCUT2D eigenvalue weighted by molar-refractivity contribution is 0.0236. The molecular weight excluding hydrogens is 276 g/mol. The summed E-state index contributed by atoms with van der Waals surface area (Å²) < 4.78 is 11.3. The molecule has 2 aromatic rings. The van der Waals surface area contributed by atoms with Gasteiger partial charge in [0.05, 0.1) is 5.56 Å². The summed E-state index contributed by atoms with van der Waals surface area (Å²) in [6.45, 7) is 4.13. The molecule has 1 unspecified atom stereocenters. The van der Waals surface area contributed by atoms with Crippen LogP contribution in [0, 0.1) is 6.92 Å². The van der Waals surface area contributed by atoms with E-state index in [0.29, 0.717) is 11.3 Å². The van der Waals surface area contributed by atoms with Crippen LogP contribution in [0.4, 0.5) is 0 Å². The molecule has 22 heavy (non-hydrogen) atoms. The Kier molecular flexibility index (Phi) is 4.14. The molecule has 1 aliphatic rings. The van der Waals surface area contributed by atoms with Crippen LogP contribution in [0.15, 0.2) is 42.5 Å². The number of aryl methyl sites for hydroxylation is 1. The van der Waals surface area contributed by atoms with Gasteiger partial charge >= 0.3 is 5.97 Å². The molecule has 0 saturated heterocycles. The quantitative estimate of drug-likeness (QED) is 0.769. The second kappa shape index (κ2) is 6.22. The van der Waals surface area contributed by atoms with E-state index in [4.69, 9.17) is 9.47 Å². The molecule has 0 spiro atoms. The SMILES string of the molecule is CCCC1Cc2ccc(Oc3ccc(C)cc3)cc2C(=O)O1. The molecule has 2 aromatic carbocycles. The fraction of sp³-hybridized carbons (Fsp3) is 0.316. The number of esters is 1. The molecule has 3 nitrogen and oxygen atoms in total. The third-order valence-corrected chi connectivity index (χ3v) is 3.89. The minimum absolute atomic E-state index is 0.00821. The summed E-state index contributed by atoms with van der Waals surface area (Å²) in [5.41, 5.74) is 2.85. The maximum atomic E-state index is 12.1. The first kappa shape index (κ1) is 14.6. The van der Waals surface area contributed by atoms with E-state index in [1.165, 1.54) is 5.56 Å². The summed E-state index contributed by atoms with van der Waals surface area (Å²) in [7, 11) is 0. The standard InChI is InChI=1S/C19H20O3/c1-3-4-16-11-14-7-10-17(12-18(14)19(20)22-16)21-15-8-5-13(2)6-9-15/h5-10,12,16H,3-4,11H2,1-2H3. The molecule has 1 atom stereocenters. The van der Waals surface area contributed by atoms with Crippen molar-refractivity contribution in [2.45, 2.75) is 39.2 Å². The smallest absolute Gasteiger partial charge is 0.338 e. The predicted molar refractivity (Wildman–Crippen MR) is 85.5 cm³/mol. The highest BCUT2D eigenvalue weighted by Crippen LogP contribution is 2.29. The summed E-state index contributed by atoms with van der Waals surface area (Å²) in [6.07, 6.45) is 2.72. The predicted octanol–water partition coefficient (Wildman–Crippen LogP) is 4.67. The van der Waals surface area contributed by atoms with Crippen LogP contribution in [0.1, 0.15) is 41.3 Å². The number of carbonyl (C=O) groups is 1. The molecule has 3 heteroatoms. The molecule has 3 rings (SSSR count). The van der Waals surface area contributed by atoms with Crippen LogP contribution in [0.5, 0.6) is 11.5 Å². The van der Waals surface area contributed by atoms with Crippen LogP contribution in [0.3, 0.4) is 0 Å². The van der Waals surface area contributed by atoms with Gasteiger partial charge in [-0.2, -0.15) is 0 Å². The van der Waals surface area contributed by atoms with Crippen molar-refractivity contribution in [1.29, 1.82) is 0 Å². The Morgan fingerprint density at radius 3 is 2.59 bits per heavy atom. The fourth-order valence-electron chi connectivity index (χ4n) is 2.71. The second-order valence-electron chi connectivity index (χ2n) is 5.75. The molecule has 0 bridgehead atoms. The Balaban J connectivity index is 1.80. The molecule has 0 radical (unpaired) electrons. The average molecular weight is 296 g/mol. The number of rotatable bonds is 4. The van der Waals surface area contributed by atoms with E-state index >= 15 is 0 Å². The number of benzene rings is 2. The summed E-state index contributed by atoms with van der Waals surface area (Å²) in [4.78, 5) is 12.1. The second-order valence-corrected chi connectivity index (χ2v) is 5.75. The number of fused-ring (bicyclic) bond motifs is 1. The molecule has 114 valence electrons. The Morgan fingerprint density at radius 2 is 1.86 bits per heavy atom. The highest BCUT2D eigenvalue weighted by Gasteiger charge is 2.26. The topological polar surface area (TPSA) is 35.5 Å². The minimum atomic E-state index is -0.242. The molecular formula is C19H20O3. The summed E-state index contributed by atoms with van der Waals surface area (Å²) in [6, 6.07) is 13.5. The molecule has 0 amide bonds. The van der Waals surface area contributed by atoms with Crippen molar-refractivity contribution in [3.05, 3.63) is 59.2 Å². The highest BCUT2D eigenvalue weighted by molar-refractivity contribution is 5.92. The zero-order valence-electron chi connectivity index (χ0n) is 13.0. The normalized spacial score (nSPS) is 16.8. The van der Waals surface area contributed by atoms with Crippen LogP contribution in [-0.2, 0) is 11.2 Å². The van der Waals surface area contributed by atoms with Gasteiger partial charge in [0.2, 0.25) is 0 Å². The Hall–Kier alpha value is -2.29. The summed E-state index contributed by atoms with van der Waals surface area (Å²) >= 11 is 0. The lowest BCUT2D eigenvalue weighted by atomic mass is 9.96. The summed E-state index contributed by atoms with van der Waals surface area (Å²) in [5.74, 6) is 1.18. The third kappa shape index (κ3) is 3.14. The lowest BCUT2D eigenvalue weighted by Crippen LogP contribution is -2.27. The van der Waals surface area contributed by atoms with Crippen molar-refractivity contribution >= 4 is 5.97 Å². The van der Waals surface area contributed by atoms with Crippen molar-refractivity contribution in [1.82, 2.24) is 0 Å². The van der Waals surface area contributed by atoms with Crippen molar-refractivity contribution in [3.63, 3.8) is 0 Å². The molecule has 0 N–H and O–H groups in total. The van der Waals surface area contributed by atoms with Crippen LogP contribution >= 0.6 is 0 Å². The van der Waals surface area contributed by atoms with Gasteiger partial charge in [-0.1, -0.05) is 37.1 Å². The Bertz CT molecular complexity index is 674. The number of ether oxygens (including phenoxy) is 2. The van der Waals surface area contributed by atoms with Crippen LogP contribution in [0.2, 0.25) is 0 Å². The van der Waals surface area contributed by atoms with Gasteiger partial charge in [-0.15, -0.1) is 0 Å². The Labute approximate surface area is 130 Å². The van der Waals surface area contributed by atoms with Crippen molar-refractivity contribution < 1.29 is 14.3 Å². The average Bonchev–Trinajstić information content (AvgIpc) is 2.51. The van der Waals surface area contributed by atoms with Gasteiger partial charge in [0.15, 0.2) is 0 Å². The first-order valence-corrected chi connectivity index (χ1v) is 7.74. The molecule has 1 heterocycles. The van der Waals surface area contributed by atoms with E-state index < -0.39 is 0 Å². The van der Waals surface area contributed by atoms with Crippen LogP contribution in [-0.4, -0.2) is 12.1 Å². The van der Waals surface area contributed by atoms with Gasteiger partial charge in [-0.25, -0.2) is 4.79 Å². The van der Waals surface area contributed by atoms with E-state index in [0.717, 1.165) is 30.6 Å². The number of cyclic esters (lactones) is 1. The van der Waals surface area contributed by atoms with Gasteiger partial charge in [-0.3, -0.25) is 0 Å². The van der Waals surface area contributed by atoms with Gasteiger partial charge in [-0.05, 0) is 43.2 Å². The van der Waals surface area contributed by atoms with E-state index in [2.05, 4.69) is 6.92 Å². The van der Waals surface area contributed by atoms with E-state index in [1.54, 1.807) is 6.07 Å². The van der Waals surface area contributed by atoms with Crippen LogP contribution in [0.25, 0.3) is 0 Å². The van der Waals surface area contributed by atoms with E-state index in [1.807, 2.05) is 43.3 Å². The van der Waals surface area contributed by atoms with Gasteiger partial charge < -0.3 is 9.47 Å². The van der Waals surface area contributed by atoms with Gasteiger partial charge in [0.1, 0.15) is 17.6 Å². The maximum absolute atomic E-state index is 12.1. The van der Waals surface area contributed by atoms with Crippen LogP contribution < -0.4 is 4.74 Å². The fourth-order valence-corrected chi connectivity index (χ4v) is 2.71. The number of hydrogen-bond donors (Lipinski definition) is 0. The van der Waals surface area contributed by atoms with E-state index in [9.17, 15) is 4.79 Å². The molecule has 1 aliphatic heterocycles. The van der Waals surface area contributed by atoms with Gasteiger partial charge in [0.25, 0.3) is 0 Å².